The number of carbonyl (C=O) groups is 2. The number of nitrogens with two attached hydrogens (primary N) is 1. The van der Waals surface area contributed by atoms with Gasteiger partial charge in [0, 0.05) is 0 Å². The molecule has 0 aromatic carbocycles. The average molecular weight is 143 g/mol. The Balaban J connectivity index is 4.04. The van der Waals surface area contributed by atoms with Crippen molar-refractivity contribution >= 4 is 12.3 Å². The molecular weight excluding hydrogens is 134 g/mol. The summed E-state index contributed by atoms with van der Waals surface area (Å²) in [6, 6.07) is 0. The maximum absolute atomic E-state index is 10.1. The SMILES string of the molecule is NCCC=C(C=O)C(=O)O. The van der Waals surface area contributed by atoms with Crippen molar-refractivity contribution in [1.29, 1.82) is 0 Å². The number of hydrogen-bond acceptors (Lipinski definition) is 3. The van der Waals surface area contributed by atoms with Crippen LogP contribution in [0.3, 0.4) is 0 Å². The molecule has 4 nitrogen and oxygen atoms in total. The summed E-state index contributed by atoms with van der Waals surface area (Å²) in [5.74, 6) is -1.21. The average Bonchev–Trinajstić information content (AvgIpc) is 1.89. The van der Waals surface area contributed by atoms with Crippen molar-refractivity contribution in [1.82, 2.24) is 0 Å². The summed E-state index contributed by atoms with van der Waals surface area (Å²) in [7, 11) is 0. The molecule has 0 aliphatic carbocycles. The lowest BCUT2D eigenvalue weighted by Crippen LogP contribution is -2.03. The number of carboxylic acid groups (broad SMARTS) is 1. The maximum atomic E-state index is 10.1. The molecule has 0 atom stereocenters. The van der Waals surface area contributed by atoms with Gasteiger partial charge in [0.1, 0.15) is 0 Å². The fourth-order valence-corrected chi connectivity index (χ4v) is 0.425. The fourth-order valence-electron chi connectivity index (χ4n) is 0.425. The first-order chi connectivity index (χ1) is 4.72. The summed E-state index contributed by atoms with van der Waals surface area (Å²) >= 11 is 0. The largest absolute Gasteiger partial charge is 0.478 e. The van der Waals surface area contributed by atoms with E-state index in [1.807, 2.05) is 0 Å². The van der Waals surface area contributed by atoms with Crippen LogP contribution in [0.1, 0.15) is 6.42 Å². The highest BCUT2D eigenvalue weighted by molar-refractivity contribution is 6.06. The topological polar surface area (TPSA) is 80.4 Å². The maximum Gasteiger partial charge on any atom is 0.338 e. The van der Waals surface area contributed by atoms with Gasteiger partial charge in [-0.2, -0.15) is 0 Å². The van der Waals surface area contributed by atoms with Crippen LogP contribution >= 0.6 is 0 Å². The Kier molecular flexibility index (Phi) is 4.15. The van der Waals surface area contributed by atoms with Gasteiger partial charge in [-0.3, -0.25) is 4.79 Å². The quantitative estimate of drug-likeness (QED) is 0.241. The number of rotatable bonds is 4. The van der Waals surface area contributed by atoms with Crippen LogP contribution in [0, 0.1) is 0 Å². The van der Waals surface area contributed by atoms with Gasteiger partial charge in [-0.1, -0.05) is 6.08 Å². The van der Waals surface area contributed by atoms with E-state index >= 15 is 0 Å². The number of hydrogen-bond donors (Lipinski definition) is 2. The Bertz CT molecular complexity index is 162. The second kappa shape index (κ2) is 4.69. The Labute approximate surface area is 58.3 Å². The van der Waals surface area contributed by atoms with Crippen LogP contribution in [0.15, 0.2) is 11.6 Å². The third-order valence-corrected chi connectivity index (χ3v) is 0.905. The van der Waals surface area contributed by atoms with E-state index in [1.165, 1.54) is 6.08 Å². The van der Waals surface area contributed by atoms with Gasteiger partial charge in [-0.15, -0.1) is 0 Å². The van der Waals surface area contributed by atoms with Gasteiger partial charge in [0.25, 0.3) is 0 Å². The predicted molar refractivity (Wildman–Crippen MR) is 35.5 cm³/mol. The van der Waals surface area contributed by atoms with E-state index in [0.717, 1.165) is 0 Å². The first kappa shape index (κ1) is 8.84. The Hall–Kier alpha value is -1.16. The van der Waals surface area contributed by atoms with Crippen molar-refractivity contribution in [2.75, 3.05) is 6.54 Å². The van der Waals surface area contributed by atoms with Crippen molar-refractivity contribution in [3.63, 3.8) is 0 Å². The molecule has 0 fully saturated rings. The number of aliphatic carboxylic acids is 1. The first-order valence-corrected chi connectivity index (χ1v) is 2.81. The molecule has 0 saturated carbocycles. The Morgan fingerprint density at radius 2 is 2.20 bits per heavy atom. The van der Waals surface area contributed by atoms with Crippen LogP contribution in [0.25, 0.3) is 0 Å². The molecule has 0 spiro atoms. The molecule has 3 N–H and O–H groups in total. The zero-order valence-corrected chi connectivity index (χ0v) is 5.41. The molecule has 0 radical (unpaired) electrons. The van der Waals surface area contributed by atoms with Crippen LogP contribution in [0.2, 0.25) is 0 Å². The zero-order valence-electron chi connectivity index (χ0n) is 5.41. The highest BCUT2D eigenvalue weighted by Gasteiger charge is 2.02. The van der Waals surface area contributed by atoms with Crippen LogP contribution in [-0.2, 0) is 9.59 Å². The summed E-state index contributed by atoms with van der Waals surface area (Å²) in [5, 5.41) is 8.26. The van der Waals surface area contributed by atoms with Gasteiger partial charge in [0.15, 0.2) is 6.29 Å². The standard InChI is InChI=1S/C6H9NO3/c7-3-1-2-5(4-8)6(9)10/h2,4H,1,3,7H2,(H,9,10). The summed E-state index contributed by atoms with van der Waals surface area (Å²) < 4.78 is 0. The Morgan fingerprint density at radius 1 is 1.60 bits per heavy atom. The van der Waals surface area contributed by atoms with E-state index in [2.05, 4.69) is 0 Å². The summed E-state index contributed by atoms with van der Waals surface area (Å²) in [6.45, 7) is 0.352. The molecule has 10 heavy (non-hydrogen) atoms. The highest BCUT2D eigenvalue weighted by atomic mass is 16.4. The summed E-state index contributed by atoms with van der Waals surface area (Å²) in [5.41, 5.74) is 4.85. The van der Waals surface area contributed by atoms with Crippen molar-refractivity contribution in [3.05, 3.63) is 11.6 Å². The van der Waals surface area contributed by atoms with E-state index in [9.17, 15) is 9.59 Å². The Morgan fingerprint density at radius 3 is 2.50 bits per heavy atom. The van der Waals surface area contributed by atoms with E-state index < -0.39 is 5.97 Å². The minimum atomic E-state index is -1.21. The van der Waals surface area contributed by atoms with E-state index in [-0.39, 0.29) is 5.57 Å². The first-order valence-electron chi connectivity index (χ1n) is 2.81. The molecule has 56 valence electrons. The normalized spacial score (nSPS) is 11.1. The number of carboxylic acids is 1. The van der Waals surface area contributed by atoms with Crippen molar-refractivity contribution in [3.8, 4) is 0 Å². The second-order valence-electron chi connectivity index (χ2n) is 1.66. The lowest BCUT2D eigenvalue weighted by atomic mass is 10.2. The summed E-state index contributed by atoms with van der Waals surface area (Å²) in [6.07, 6.45) is 2.02. The van der Waals surface area contributed by atoms with Gasteiger partial charge in [-0.05, 0) is 13.0 Å². The predicted octanol–water partition coefficient (Wildman–Crippen LogP) is -0.455. The van der Waals surface area contributed by atoms with Crippen molar-refractivity contribution in [2.45, 2.75) is 6.42 Å². The van der Waals surface area contributed by atoms with Gasteiger partial charge in [-0.25, -0.2) is 4.79 Å². The van der Waals surface area contributed by atoms with E-state index in [1.54, 1.807) is 0 Å². The highest BCUT2D eigenvalue weighted by Crippen LogP contribution is 1.91. The molecule has 0 amide bonds. The van der Waals surface area contributed by atoms with Crippen molar-refractivity contribution in [2.24, 2.45) is 5.73 Å². The number of aldehydes is 1. The number of carbonyl (C=O) groups excluding carboxylic acids is 1. The molecular formula is C6H9NO3. The lowest BCUT2D eigenvalue weighted by molar-refractivity contribution is -0.133. The van der Waals surface area contributed by atoms with Gasteiger partial charge >= 0.3 is 5.97 Å². The van der Waals surface area contributed by atoms with Crippen LogP contribution < -0.4 is 5.73 Å². The molecule has 0 rings (SSSR count). The van der Waals surface area contributed by atoms with Crippen LogP contribution in [-0.4, -0.2) is 23.9 Å². The monoisotopic (exact) mass is 143 g/mol. The fraction of sp³-hybridized carbons (Fsp3) is 0.333. The smallest absolute Gasteiger partial charge is 0.338 e. The molecule has 0 aromatic rings. The van der Waals surface area contributed by atoms with Crippen LogP contribution in [0.4, 0.5) is 0 Å². The third-order valence-electron chi connectivity index (χ3n) is 0.905. The molecule has 0 aliphatic heterocycles. The molecule has 0 unspecified atom stereocenters. The third kappa shape index (κ3) is 2.99. The molecule has 0 bridgehead atoms. The minimum Gasteiger partial charge on any atom is -0.478 e. The minimum absolute atomic E-state index is 0.231. The molecule has 0 aliphatic rings. The van der Waals surface area contributed by atoms with E-state index in [4.69, 9.17) is 10.8 Å². The molecule has 0 heterocycles. The van der Waals surface area contributed by atoms with Crippen LogP contribution in [0.5, 0.6) is 0 Å². The second-order valence-corrected chi connectivity index (χ2v) is 1.66. The van der Waals surface area contributed by atoms with Gasteiger partial charge in [0.2, 0.25) is 0 Å². The van der Waals surface area contributed by atoms with Gasteiger partial charge < -0.3 is 10.8 Å². The summed E-state index contributed by atoms with van der Waals surface area (Å²) in [4.78, 5) is 20.1. The molecule has 4 heteroatoms. The van der Waals surface area contributed by atoms with Crippen molar-refractivity contribution < 1.29 is 14.7 Å². The zero-order chi connectivity index (χ0) is 7.98. The van der Waals surface area contributed by atoms with Gasteiger partial charge in [0.05, 0.1) is 5.57 Å². The molecule has 0 aromatic heterocycles. The molecule has 0 saturated heterocycles. The lowest BCUT2D eigenvalue weighted by Gasteiger charge is -1.88. The van der Waals surface area contributed by atoms with E-state index in [0.29, 0.717) is 19.3 Å².